The first-order chi connectivity index (χ1) is 15.1. The van der Waals surface area contributed by atoms with E-state index in [1.165, 1.54) is 11.3 Å². The number of aromatic nitrogens is 3. The SMILES string of the molecule is COc1ccccc1-c1csc2nc(NC(=O)c3ccc4c(c3)CCCC(=O)N4)nn12. The van der Waals surface area contributed by atoms with Crippen molar-refractivity contribution in [1.29, 1.82) is 0 Å². The van der Waals surface area contributed by atoms with Crippen molar-refractivity contribution in [2.75, 3.05) is 17.7 Å². The minimum absolute atomic E-state index is 0.00378. The molecule has 2 amide bonds. The van der Waals surface area contributed by atoms with Crippen molar-refractivity contribution in [2.24, 2.45) is 0 Å². The van der Waals surface area contributed by atoms with Gasteiger partial charge in [0.1, 0.15) is 5.75 Å². The molecule has 8 nitrogen and oxygen atoms in total. The number of nitrogens with zero attached hydrogens (tertiary/aromatic N) is 3. The van der Waals surface area contributed by atoms with E-state index in [-0.39, 0.29) is 17.8 Å². The van der Waals surface area contributed by atoms with Gasteiger partial charge in [-0.05, 0) is 48.7 Å². The number of benzene rings is 2. The van der Waals surface area contributed by atoms with Gasteiger partial charge in [0, 0.05) is 28.6 Å². The second kappa shape index (κ2) is 7.84. The van der Waals surface area contributed by atoms with Gasteiger partial charge in [-0.1, -0.05) is 12.1 Å². The molecule has 0 bridgehead atoms. The van der Waals surface area contributed by atoms with Crippen LogP contribution in [0.15, 0.2) is 47.8 Å². The molecule has 156 valence electrons. The third-order valence-corrected chi connectivity index (χ3v) is 6.00. The van der Waals surface area contributed by atoms with E-state index in [0.717, 1.165) is 41.1 Å². The van der Waals surface area contributed by atoms with E-state index in [1.54, 1.807) is 23.8 Å². The Morgan fingerprint density at radius 3 is 2.97 bits per heavy atom. The molecule has 0 radical (unpaired) electrons. The lowest BCUT2D eigenvalue weighted by Gasteiger charge is -2.09. The fourth-order valence-corrected chi connectivity index (χ4v) is 4.49. The van der Waals surface area contributed by atoms with Crippen molar-refractivity contribution >= 4 is 39.7 Å². The molecule has 0 spiro atoms. The maximum atomic E-state index is 12.8. The molecule has 0 saturated heterocycles. The molecule has 2 aromatic heterocycles. The zero-order chi connectivity index (χ0) is 21.4. The molecular weight excluding hydrogens is 414 g/mol. The average molecular weight is 433 g/mol. The zero-order valence-electron chi connectivity index (χ0n) is 16.7. The lowest BCUT2D eigenvalue weighted by molar-refractivity contribution is -0.116. The summed E-state index contributed by atoms with van der Waals surface area (Å²) >= 11 is 1.44. The fourth-order valence-electron chi connectivity index (χ4n) is 3.67. The standard InChI is InChI=1S/C22H19N5O3S/c1-30-18-7-3-2-6-15(18)17-12-31-22-25-21(26-27(17)22)24-20(29)14-9-10-16-13(11-14)5-4-8-19(28)23-16/h2-3,6-7,9-12H,4-5,8H2,1H3,(H,23,28)(H,24,26,29). The Balaban J connectivity index is 1.41. The van der Waals surface area contributed by atoms with E-state index in [1.807, 2.05) is 35.7 Å². The smallest absolute Gasteiger partial charge is 0.258 e. The predicted molar refractivity (Wildman–Crippen MR) is 119 cm³/mol. The van der Waals surface area contributed by atoms with Gasteiger partial charge in [-0.15, -0.1) is 16.4 Å². The van der Waals surface area contributed by atoms with Crippen molar-refractivity contribution in [2.45, 2.75) is 19.3 Å². The van der Waals surface area contributed by atoms with Crippen LogP contribution in [-0.4, -0.2) is 33.5 Å². The molecule has 9 heteroatoms. The molecule has 1 aliphatic rings. The molecule has 0 fully saturated rings. The molecule has 0 unspecified atom stereocenters. The molecule has 4 aromatic rings. The Morgan fingerprint density at radius 2 is 2.10 bits per heavy atom. The molecule has 3 heterocycles. The van der Waals surface area contributed by atoms with Crippen LogP contribution >= 0.6 is 11.3 Å². The third kappa shape index (κ3) is 3.64. The van der Waals surface area contributed by atoms with Gasteiger partial charge in [0.2, 0.25) is 10.9 Å². The minimum Gasteiger partial charge on any atom is -0.496 e. The Bertz CT molecular complexity index is 1310. The zero-order valence-corrected chi connectivity index (χ0v) is 17.5. The van der Waals surface area contributed by atoms with E-state index in [4.69, 9.17) is 4.74 Å². The van der Waals surface area contributed by atoms with Crippen LogP contribution in [0.25, 0.3) is 16.2 Å². The summed E-state index contributed by atoms with van der Waals surface area (Å²) in [5, 5.41) is 12.1. The van der Waals surface area contributed by atoms with E-state index in [0.29, 0.717) is 16.9 Å². The molecule has 2 aromatic carbocycles. The molecule has 0 aliphatic carbocycles. The Labute approximate surface area is 181 Å². The van der Waals surface area contributed by atoms with Crippen LogP contribution in [0.3, 0.4) is 0 Å². The van der Waals surface area contributed by atoms with Crippen LogP contribution in [0, 0.1) is 0 Å². The number of rotatable bonds is 4. The maximum absolute atomic E-state index is 12.8. The monoisotopic (exact) mass is 433 g/mol. The molecule has 2 N–H and O–H groups in total. The van der Waals surface area contributed by atoms with Gasteiger partial charge < -0.3 is 10.1 Å². The Hall–Kier alpha value is -3.72. The summed E-state index contributed by atoms with van der Waals surface area (Å²) in [6, 6.07) is 13.0. The number of hydrogen-bond acceptors (Lipinski definition) is 6. The molecular formula is C22H19N5O3S. The van der Waals surface area contributed by atoms with E-state index in [9.17, 15) is 9.59 Å². The number of fused-ring (bicyclic) bond motifs is 2. The molecule has 1 aliphatic heterocycles. The molecule has 0 atom stereocenters. The minimum atomic E-state index is -0.296. The number of nitrogens with one attached hydrogen (secondary N) is 2. The van der Waals surface area contributed by atoms with E-state index >= 15 is 0 Å². The van der Waals surface area contributed by atoms with Gasteiger partial charge in [-0.3, -0.25) is 14.9 Å². The largest absolute Gasteiger partial charge is 0.496 e. The van der Waals surface area contributed by atoms with Crippen LogP contribution in [0.2, 0.25) is 0 Å². The first-order valence-electron chi connectivity index (χ1n) is 9.84. The van der Waals surface area contributed by atoms with Crippen molar-refractivity contribution in [3.63, 3.8) is 0 Å². The highest BCUT2D eigenvalue weighted by Crippen LogP contribution is 2.32. The Morgan fingerprint density at radius 1 is 1.23 bits per heavy atom. The van der Waals surface area contributed by atoms with Crippen LogP contribution in [-0.2, 0) is 11.2 Å². The average Bonchev–Trinajstić information content (AvgIpc) is 3.28. The first-order valence-corrected chi connectivity index (χ1v) is 10.7. The first kappa shape index (κ1) is 19.3. The van der Waals surface area contributed by atoms with Gasteiger partial charge in [0.15, 0.2) is 0 Å². The number of amides is 2. The normalized spacial score (nSPS) is 13.4. The summed E-state index contributed by atoms with van der Waals surface area (Å²) in [6.45, 7) is 0. The summed E-state index contributed by atoms with van der Waals surface area (Å²) < 4.78 is 7.15. The van der Waals surface area contributed by atoms with Crippen LogP contribution in [0.1, 0.15) is 28.8 Å². The van der Waals surface area contributed by atoms with E-state index in [2.05, 4.69) is 20.7 Å². The molecule has 0 saturated carbocycles. The number of ether oxygens (including phenoxy) is 1. The summed E-state index contributed by atoms with van der Waals surface area (Å²) in [5.74, 6) is 0.677. The number of carbonyl (C=O) groups is 2. The number of aryl methyl sites for hydroxylation is 1. The predicted octanol–water partition coefficient (Wildman–Crippen LogP) is 3.99. The summed E-state index contributed by atoms with van der Waals surface area (Å²) in [5.41, 5.74) is 3.95. The number of carbonyl (C=O) groups excluding carboxylic acids is 2. The van der Waals surface area contributed by atoms with Crippen LogP contribution in [0.4, 0.5) is 11.6 Å². The lowest BCUT2D eigenvalue weighted by Crippen LogP contribution is -2.14. The molecule has 5 rings (SSSR count). The van der Waals surface area contributed by atoms with Gasteiger partial charge in [-0.2, -0.15) is 4.98 Å². The quantitative estimate of drug-likeness (QED) is 0.507. The number of methoxy groups -OCH3 is 1. The highest BCUT2D eigenvalue weighted by molar-refractivity contribution is 7.15. The van der Waals surface area contributed by atoms with Gasteiger partial charge in [0.25, 0.3) is 11.9 Å². The third-order valence-electron chi connectivity index (χ3n) is 5.18. The number of anilines is 2. The van der Waals surface area contributed by atoms with Crippen molar-refractivity contribution in [1.82, 2.24) is 14.6 Å². The maximum Gasteiger partial charge on any atom is 0.258 e. The second-order valence-corrected chi connectivity index (χ2v) is 8.02. The van der Waals surface area contributed by atoms with Crippen molar-refractivity contribution in [3.05, 3.63) is 59.0 Å². The fraction of sp³-hybridized carbons (Fsp3) is 0.182. The Kier molecular flexibility index (Phi) is 4.87. The molecule has 31 heavy (non-hydrogen) atoms. The number of para-hydroxylation sites is 1. The highest BCUT2D eigenvalue weighted by Gasteiger charge is 2.18. The highest BCUT2D eigenvalue weighted by atomic mass is 32.1. The van der Waals surface area contributed by atoms with Crippen molar-refractivity contribution < 1.29 is 14.3 Å². The topological polar surface area (TPSA) is 97.6 Å². The number of hydrogen-bond donors (Lipinski definition) is 2. The summed E-state index contributed by atoms with van der Waals surface area (Å²) in [6.07, 6.45) is 1.99. The number of thiazole rings is 1. The van der Waals surface area contributed by atoms with Crippen LogP contribution in [0.5, 0.6) is 5.75 Å². The summed E-state index contributed by atoms with van der Waals surface area (Å²) in [4.78, 5) is 29.6. The van der Waals surface area contributed by atoms with Crippen molar-refractivity contribution in [3.8, 4) is 17.0 Å². The van der Waals surface area contributed by atoms with E-state index < -0.39 is 0 Å². The van der Waals surface area contributed by atoms with Gasteiger partial charge >= 0.3 is 0 Å². The van der Waals surface area contributed by atoms with Gasteiger partial charge in [-0.25, -0.2) is 4.52 Å². The van der Waals surface area contributed by atoms with Gasteiger partial charge in [0.05, 0.1) is 12.8 Å². The lowest BCUT2D eigenvalue weighted by atomic mass is 10.0. The summed E-state index contributed by atoms with van der Waals surface area (Å²) in [7, 11) is 1.63. The van der Waals surface area contributed by atoms with Crippen LogP contribution < -0.4 is 15.4 Å². The second-order valence-electron chi connectivity index (χ2n) is 7.18.